The standard InChI is InChI=1S/C24H27N3O4/c1-26(31-4)24(28)20-13-14-25-23(15-20)27(16-18-5-9-21(29-2)10-6-18)17-19-7-11-22(30-3)12-8-19/h5-15H,16-17H2,1-4H3. The first kappa shape index (κ1) is 22.1. The Balaban J connectivity index is 1.91. The number of hydroxylamine groups is 2. The van der Waals surface area contributed by atoms with Crippen molar-refractivity contribution in [2.45, 2.75) is 13.1 Å². The Kier molecular flexibility index (Phi) is 7.45. The molecule has 0 atom stereocenters. The largest absolute Gasteiger partial charge is 0.497 e. The summed E-state index contributed by atoms with van der Waals surface area (Å²) in [5, 5.41) is 1.19. The molecule has 0 aliphatic carbocycles. The van der Waals surface area contributed by atoms with Crippen molar-refractivity contribution in [2.24, 2.45) is 0 Å². The Labute approximate surface area is 182 Å². The summed E-state index contributed by atoms with van der Waals surface area (Å²) in [4.78, 5) is 24.2. The number of nitrogens with zero attached hydrogens (tertiary/aromatic N) is 3. The van der Waals surface area contributed by atoms with E-state index in [0.717, 1.165) is 22.6 Å². The maximum atomic E-state index is 12.5. The molecular weight excluding hydrogens is 394 g/mol. The fourth-order valence-electron chi connectivity index (χ4n) is 3.11. The van der Waals surface area contributed by atoms with E-state index in [-0.39, 0.29) is 5.91 Å². The highest BCUT2D eigenvalue weighted by Crippen LogP contribution is 2.22. The Morgan fingerprint density at radius 2 is 1.35 bits per heavy atom. The Morgan fingerprint density at radius 3 is 1.81 bits per heavy atom. The minimum absolute atomic E-state index is 0.236. The number of amides is 1. The maximum absolute atomic E-state index is 12.5. The number of carbonyl (C=O) groups excluding carboxylic acids is 1. The van der Waals surface area contributed by atoms with Crippen LogP contribution in [0.4, 0.5) is 5.82 Å². The van der Waals surface area contributed by atoms with E-state index >= 15 is 0 Å². The molecule has 1 aromatic heterocycles. The second-order valence-corrected chi connectivity index (χ2v) is 6.94. The molecule has 3 rings (SSSR count). The first-order valence-corrected chi connectivity index (χ1v) is 9.83. The zero-order valence-corrected chi connectivity index (χ0v) is 18.2. The van der Waals surface area contributed by atoms with Crippen LogP contribution in [-0.2, 0) is 17.9 Å². The summed E-state index contributed by atoms with van der Waals surface area (Å²) >= 11 is 0. The van der Waals surface area contributed by atoms with E-state index in [9.17, 15) is 4.79 Å². The van der Waals surface area contributed by atoms with Crippen molar-refractivity contribution in [3.8, 4) is 11.5 Å². The average Bonchev–Trinajstić information content (AvgIpc) is 2.83. The summed E-state index contributed by atoms with van der Waals surface area (Å²) in [6.07, 6.45) is 1.64. The molecule has 162 valence electrons. The molecule has 31 heavy (non-hydrogen) atoms. The predicted molar refractivity (Wildman–Crippen MR) is 119 cm³/mol. The van der Waals surface area contributed by atoms with Gasteiger partial charge in [-0.3, -0.25) is 9.63 Å². The van der Waals surface area contributed by atoms with Crippen LogP contribution in [0.1, 0.15) is 21.5 Å². The van der Waals surface area contributed by atoms with Gasteiger partial charge in [-0.05, 0) is 47.5 Å². The van der Waals surface area contributed by atoms with Crippen molar-refractivity contribution in [1.29, 1.82) is 0 Å². The highest BCUT2D eigenvalue weighted by molar-refractivity contribution is 5.94. The van der Waals surface area contributed by atoms with Gasteiger partial charge in [-0.15, -0.1) is 0 Å². The molecule has 0 saturated carbocycles. The lowest BCUT2D eigenvalue weighted by molar-refractivity contribution is -0.0757. The molecular formula is C24H27N3O4. The van der Waals surface area contributed by atoms with Gasteiger partial charge < -0.3 is 14.4 Å². The molecule has 3 aromatic rings. The van der Waals surface area contributed by atoms with E-state index in [2.05, 4.69) is 9.88 Å². The van der Waals surface area contributed by atoms with Crippen LogP contribution in [0.15, 0.2) is 66.9 Å². The SMILES string of the molecule is COc1ccc(CN(Cc2ccc(OC)cc2)c2cc(C(=O)N(C)OC)ccn2)cc1. The van der Waals surface area contributed by atoms with Crippen LogP contribution < -0.4 is 14.4 Å². The molecule has 7 heteroatoms. The summed E-state index contributed by atoms with van der Waals surface area (Å²) in [6, 6.07) is 19.3. The number of anilines is 1. The molecule has 0 spiro atoms. The molecule has 0 bridgehead atoms. The number of rotatable bonds is 9. The number of carbonyl (C=O) groups is 1. The summed E-state index contributed by atoms with van der Waals surface area (Å²) in [5.74, 6) is 2.07. The fourth-order valence-corrected chi connectivity index (χ4v) is 3.11. The number of ether oxygens (including phenoxy) is 2. The first-order chi connectivity index (χ1) is 15.0. The third-order valence-electron chi connectivity index (χ3n) is 4.94. The van der Waals surface area contributed by atoms with E-state index in [0.29, 0.717) is 24.5 Å². The molecule has 1 amide bonds. The van der Waals surface area contributed by atoms with Crippen molar-refractivity contribution in [1.82, 2.24) is 10.0 Å². The van der Waals surface area contributed by atoms with Gasteiger partial charge in [0.25, 0.3) is 5.91 Å². The molecule has 0 aliphatic heterocycles. The third-order valence-corrected chi connectivity index (χ3v) is 4.94. The van der Waals surface area contributed by atoms with E-state index < -0.39 is 0 Å². The highest BCUT2D eigenvalue weighted by Gasteiger charge is 2.16. The van der Waals surface area contributed by atoms with Crippen molar-refractivity contribution >= 4 is 11.7 Å². The topological polar surface area (TPSA) is 64.1 Å². The number of hydrogen-bond acceptors (Lipinski definition) is 6. The van der Waals surface area contributed by atoms with E-state index in [1.807, 2.05) is 48.5 Å². The molecule has 0 aliphatic rings. The lowest BCUT2D eigenvalue weighted by Crippen LogP contribution is -2.27. The summed E-state index contributed by atoms with van der Waals surface area (Å²) in [7, 11) is 6.33. The molecule has 2 aromatic carbocycles. The lowest BCUT2D eigenvalue weighted by Gasteiger charge is -2.25. The van der Waals surface area contributed by atoms with Crippen LogP contribution in [0.2, 0.25) is 0 Å². The van der Waals surface area contributed by atoms with Gasteiger partial charge in [0.1, 0.15) is 17.3 Å². The smallest absolute Gasteiger partial charge is 0.277 e. The Hall–Kier alpha value is -3.58. The van der Waals surface area contributed by atoms with E-state index in [4.69, 9.17) is 14.3 Å². The molecule has 0 unspecified atom stereocenters. The van der Waals surface area contributed by atoms with Gasteiger partial charge >= 0.3 is 0 Å². The minimum Gasteiger partial charge on any atom is -0.497 e. The number of hydrogen-bond donors (Lipinski definition) is 0. The lowest BCUT2D eigenvalue weighted by atomic mass is 10.1. The quantitative estimate of drug-likeness (QED) is 0.488. The average molecular weight is 421 g/mol. The monoisotopic (exact) mass is 421 g/mol. The van der Waals surface area contributed by atoms with Gasteiger partial charge in [-0.25, -0.2) is 10.0 Å². The van der Waals surface area contributed by atoms with Crippen LogP contribution in [0.5, 0.6) is 11.5 Å². The zero-order chi connectivity index (χ0) is 22.2. The van der Waals surface area contributed by atoms with Gasteiger partial charge in [0.2, 0.25) is 0 Å². The molecule has 0 radical (unpaired) electrons. The maximum Gasteiger partial charge on any atom is 0.277 e. The third kappa shape index (κ3) is 5.73. The molecule has 0 fully saturated rings. The van der Waals surface area contributed by atoms with Gasteiger partial charge in [-0.1, -0.05) is 24.3 Å². The van der Waals surface area contributed by atoms with Gasteiger partial charge in [0.05, 0.1) is 21.3 Å². The van der Waals surface area contributed by atoms with E-state index in [1.54, 1.807) is 39.6 Å². The van der Waals surface area contributed by atoms with E-state index in [1.165, 1.54) is 12.2 Å². The summed E-state index contributed by atoms with van der Waals surface area (Å²) in [6.45, 7) is 1.22. The van der Waals surface area contributed by atoms with Crippen LogP contribution in [0.3, 0.4) is 0 Å². The zero-order valence-electron chi connectivity index (χ0n) is 18.2. The molecule has 7 nitrogen and oxygen atoms in total. The van der Waals surface area contributed by atoms with Crippen LogP contribution in [0, 0.1) is 0 Å². The number of benzene rings is 2. The summed E-state index contributed by atoms with van der Waals surface area (Å²) in [5.41, 5.74) is 2.70. The van der Waals surface area contributed by atoms with Crippen molar-refractivity contribution in [3.63, 3.8) is 0 Å². The minimum atomic E-state index is -0.236. The normalized spacial score (nSPS) is 10.5. The van der Waals surface area contributed by atoms with Crippen molar-refractivity contribution < 1.29 is 19.1 Å². The second kappa shape index (κ2) is 10.4. The van der Waals surface area contributed by atoms with Crippen molar-refractivity contribution in [2.75, 3.05) is 33.3 Å². The van der Waals surface area contributed by atoms with Crippen LogP contribution in [0.25, 0.3) is 0 Å². The van der Waals surface area contributed by atoms with Gasteiger partial charge in [0, 0.05) is 31.9 Å². The molecule has 0 saturated heterocycles. The number of pyridine rings is 1. The highest BCUT2D eigenvalue weighted by atomic mass is 16.7. The van der Waals surface area contributed by atoms with Crippen molar-refractivity contribution in [3.05, 3.63) is 83.6 Å². The summed E-state index contributed by atoms with van der Waals surface area (Å²) < 4.78 is 10.5. The van der Waals surface area contributed by atoms with Crippen LogP contribution in [-0.4, -0.2) is 44.3 Å². The Morgan fingerprint density at radius 1 is 0.839 bits per heavy atom. The first-order valence-electron chi connectivity index (χ1n) is 9.83. The predicted octanol–water partition coefficient (Wildman–Crippen LogP) is 3.94. The molecule has 0 N–H and O–H groups in total. The second-order valence-electron chi connectivity index (χ2n) is 6.94. The fraction of sp³-hybridized carbons (Fsp3) is 0.250. The van der Waals surface area contributed by atoms with Gasteiger partial charge in [0.15, 0.2) is 0 Å². The van der Waals surface area contributed by atoms with Crippen LogP contribution >= 0.6 is 0 Å². The number of methoxy groups -OCH3 is 2. The van der Waals surface area contributed by atoms with Gasteiger partial charge in [-0.2, -0.15) is 0 Å². The Bertz CT molecular complexity index is 941. The molecule has 1 heterocycles. The number of aromatic nitrogens is 1.